The van der Waals surface area contributed by atoms with Gasteiger partial charge < -0.3 is 15.2 Å². The van der Waals surface area contributed by atoms with Crippen LogP contribution in [0.3, 0.4) is 0 Å². The Balaban J connectivity index is 1.74. The normalized spacial score (nSPS) is 17.8. The number of hydrogen-bond acceptors (Lipinski definition) is 6. The van der Waals surface area contributed by atoms with Crippen LogP contribution in [-0.4, -0.2) is 32.4 Å². The molecule has 2 heterocycles. The first-order valence-corrected chi connectivity index (χ1v) is 7.25. The first kappa shape index (κ1) is 17.2. The molecule has 0 bridgehead atoms. The van der Waals surface area contributed by atoms with E-state index in [0.29, 0.717) is 5.69 Å². The number of carbonyl (C=O) groups is 1. The number of ether oxygens (including phenoxy) is 1. The number of nitrogens with zero attached hydrogens (tertiary/aromatic N) is 3. The summed E-state index contributed by atoms with van der Waals surface area (Å²) in [6.45, 7) is 0.0260. The summed E-state index contributed by atoms with van der Waals surface area (Å²) in [4.78, 5) is 11.2. The minimum atomic E-state index is -4.46. The Morgan fingerprint density at radius 1 is 1.40 bits per heavy atom. The number of aromatic nitrogens is 3. The Morgan fingerprint density at radius 3 is 2.80 bits per heavy atom. The number of hydrogen-bond donors (Lipinski definition) is 2. The zero-order valence-corrected chi connectivity index (χ0v) is 13.0. The summed E-state index contributed by atoms with van der Waals surface area (Å²) in [6.07, 6.45) is -4.56. The predicted octanol–water partition coefficient (Wildman–Crippen LogP) is 1.70. The minimum Gasteiger partial charge on any atom is -0.425 e. The molecule has 1 aliphatic rings. The van der Waals surface area contributed by atoms with Crippen molar-refractivity contribution in [3.63, 3.8) is 0 Å². The quantitative estimate of drug-likeness (QED) is 0.792. The van der Waals surface area contributed by atoms with Gasteiger partial charge in [-0.15, -0.1) is 5.10 Å². The maximum absolute atomic E-state index is 12.8. The third kappa shape index (κ3) is 3.59. The van der Waals surface area contributed by atoms with Gasteiger partial charge in [0.05, 0.1) is 24.0 Å². The molecular weight excluding hydrogens is 365 g/mol. The van der Waals surface area contributed by atoms with Gasteiger partial charge in [-0.25, -0.2) is 9.48 Å². The molecule has 1 unspecified atom stereocenters. The lowest BCUT2D eigenvalue weighted by Crippen LogP contribution is -2.22. The third-order valence-corrected chi connectivity index (χ3v) is 3.68. The molecule has 0 spiro atoms. The summed E-state index contributed by atoms with van der Waals surface area (Å²) in [6, 6.07) is 4.61. The van der Waals surface area contributed by atoms with Crippen LogP contribution in [0.1, 0.15) is 11.3 Å². The second-order valence-corrected chi connectivity index (χ2v) is 5.42. The van der Waals surface area contributed by atoms with E-state index in [-0.39, 0.29) is 23.0 Å². The van der Waals surface area contributed by atoms with E-state index in [1.165, 1.54) is 23.0 Å². The standard InChI is InChI=1S/C14H10ClF3N4O3/c15-10-11(13(24)25-12(10)23)19-5-8-6-22(21-20-8)9-3-1-2-7(4-9)14(16,17)18/h1-4,6,13,19,24H,5H2. The largest absolute Gasteiger partial charge is 0.425 e. The number of rotatable bonds is 4. The lowest BCUT2D eigenvalue weighted by atomic mass is 10.2. The topological polar surface area (TPSA) is 89.3 Å². The van der Waals surface area contributed by atoms with Gasteiger partial charge in [0.15, 0.2) is 5.03 Å². The molecule has 11 heteroatoms. The zero-order chi connectivity index (χ0) is 18.2. The second kappa shape index (κ2) is 6.37. The number of cyclic esters (lactones) is 1. The van der Waals surface area contributed by atoms with Crippen LogP contribution < -0.4 is 5.32 Å². The number of aliphatic hydroxyl groups is 1. The fraction of sp³-hybridized carbons (Fsp3) is 0.214. The van der Waals surface area contributed by atoms with Gasteiger partial charge in [0.1, 0.15) is 11.4 Å². The molecule has 0 aliphatic carbocycles. The predicted molar refractivity (Wildman–Crippen MR) is 78.2 cm³/mol. The number of esters is 1. The Kier molecular flexibility index (Phi) is 4.39. The molecule has 132 valence electrons. The summed E-state index contributed by atoms with van der Waals surface area (Å²) < 4.78 is 43.9. The molecule has 1 aliphatic heterocycles. The average molecular weight is 375 g/mol. The fourth-order valence-corrected chi connectivity index (χ4v) is 2.32. The van der Waals surface area contributed by atoms with Crippen LogP contribution in [0.15, 0.2) is 41.2 Å². The van der Waals surface area contributed by atoms with Crippen LogP contribution in [0.5, 0.6) is 0 Å². The summed E-state index contributed by atoms with van der Waals surface area (Å²) in [5.74, 6) is -0.857. The Morgan fingerprint density at radius 2 is 2.16 bits per heavy atom. The Hall–Kier alpha value is -2.59. The number of benzene rings is 1. The van der Waals surface area contributed by atoms with Gasteiger partial charge in [0.25, 0.3) is 0 Å². The maximum Gasteiger partial charge on any atom is 0.416 e. The van der Waals surface area contributed by atoms with Crippen LogP contribution in [-0.2, 0) is 22.3 Å². The van der Waals surface area contributed by atoms with E-state index in [1.807, 2.05) is 0 Å². The van der Waals surface area contributed by atoms with E-state index in [9.17, 15) is 23.1 Å². The van der Waals surface area contributed by atoms with E-state index in [1.54, 1.807) is 0 Å². The van der Waals surface area contributed by atoms with Crippen molar-refractivity contribution >= 4 is 17.6 Å². The van der Waals surface area contributed by atoms with Crippen molar-refractivity contribution in [3.8, 4) is 5.69 Å². The van der Waals surface area contributed by atoms with Crippen molar-refractivity contribution in [2.24, 2.45) is 0 Å². The van der Waals surface area contributed by atoms with Gasteiger partial charge in [-0.1, -0.05) is 22.9 Å². The van der Waals surface area contributed by atoms with Crippen molar-refractivity contribution in [1.29, 1.82) is 0 Å². The molecule has 0 saturated heterocycles. The number of aliphatic hydroxyl groups excluding tert-OH is 1. The van der Waals surface area contributed by atoms with Crippen LogP contribution >= 0.6 is 11.6 Å². The van der Waals surface area contributed by atoms with Crippen molar-refractivity contribution in [2.75, 3.05) is 0 Å². The number of halogens is 4. The zero-order valence-electron chi connectivity index (χ0n) is 12.3. The Labute approximate surface area is 143 Å². The highest BCUT2D eigenvalue weighted by Crippen LogP contribution is 2.30. The van der Waals surface area contributed by atoms with Crippen molar-refractivity contribution in [1.82, 2.24) is 20.3 Å². The molecule has 1 aromatic carbocycles. The van der Waals surface area contributed by atoms with Crippen LogP contribution in [0.2, 0.25) is 0 Å². The third-order valence-electron chi connectivity index (χ3n) is 3.32. The summed E-state index contributed by atoms with van der Waals surface area (Å²) in [7, 11) is 0. The molecule has 0 saturated carbocycles. The van der Waals surface area contributed by atoms with Gasteiger partial charge >= 0.3 is 12.1 Å². The van der Waals surface area contributed by atoms with Crippen molar-refractivity contribution in [2.45, 2.75) is 19.0 Å². The highest BCUT2D eigenvalue weighted by molar-refractivity contribution is 6.42. The molecule has 2 N–H and O–H groups in total. The molecule has 1 atom stereocenters. The van der Waals surface area contributed by atoms with Crippen LogP contribution in [0.4, 0.5) is 13.2 Å². The summed E-state index contributed by atoms with van der Waals surface area (Å²) in [5, 5.41) is 19.5. The van der Waals surface area contributed by atoms with Crippen LogP contribution in [0, 0.1) is 0 Å². The maximum atomic E-state index is 12.8. The molecule has 2 aromatic rings. The van der Waals surface area contributed by atoms with Gasteiger partial charge in [0.2, 0.25) is 6.29 Å². The smallest absolute Gasteiger partial charge is 0.416 e. The van der Waals surface area contributed by atoms with E-state index < -0.39 is 24.0 Å². The summed E-state index contributed by atoms with van der Waals surface area (Å²) in [5.41, 5.74) is -0.284. The Bertz CT molecular complexity index is 850. The summed E-state index contributed by atoms with van der Waals surface area (Å²) >= 11 is 5.69. The van der Waals surface area contributed by atoms with Gasteiger partial charge in [-0.05, 0) is 18.2 Å². The molecule has 0 radical (unpaired) electrons. The minimum absolute atomic E-state index is 0.0136. The number of nitrogens with one attached hydrogen (secondary N) is 1. The molecule has 1 aromatic heterocycles. The van der Waals surface area contributed by atoms with Gasteiger partial charge in [0, 0.05) is 0 Å². The second-order valence-electron chi connectivity index (χ2n) is 5.04. The number of carbonyl (C=O) groups excluding carboxylic acids is 1. The lowest BCUT2D eigenvalue weighted by molar-refractivity contribution is -0.151. The van der Waals surface area contributed by atoms with E-state index in [4.69, 9.17) is 11.6 Å². The molecule has 0 fully saturated rings. The van der Waals surface area contributed by atoms with E-state index in [0.717, 1.165) is 12.1 Å². The highest BCUT2D eigenvalue weighted by atomic mass is 35.5. The van der Waals surface area contributed by atoms with E-state index >= 15 is 0 Å². The highest BCUT2D eigenvalue weighted by Gasteiger charge is 2.32. The lowest BCUT2D eigenvalue weighted by Gasteiger charge is -2.08. The fourth-order valence-electron chi connectivity index (χ4n) is 2.11. The molecular formula is C14H10ClF3N4O3. The monoisotopic (exact) mass is 374 g/mol. The van der Waals surface area contributed by atoms with E-state index in [2.05, 4.69) is 20.4 Å². The van der Waals surface area contributed by atoms with Gasteiger partial charge in [-0.2, -0.15) is 13.2 Å². The van der Waals surface area contributed by atoms with Crippen molar-refractivity contribution in [3.05, 3.63) is 52.4 Å². The van der Waals surface area contributed by atoms with Crippen molar-refractivity contribution < 1.29 is 27.8 Å². The molecule has 0 amide bonds. The molecule has 7 nitrogen and oxygen atoms in total. The van der Waals surface area contributed by atoms with Crippen LogP contribution in [0.25, 0.3) is 5.69 Å². The van der Waals surface area contributed by atoms with Gasteiger partial charge in [-0.3, -0.25) is 0 Å². The molecule has 25 heavy (non-hydrogen) atoms. The first-order valence-electron chi connectivity index (χ1n) is 6.87. The number of alkyl halides is 3. The average Bonchev–Trinajstić information content (AvgIpc) is 3.11. The SMILES string of the molecule is O=C1OC(O)C(NCc2cn(-c3cccc(C(F)(F)F)c3)nn2)=C1Cl. The first-order chi connectivity index (χ1) is 11.8. The molecule has 3 rings (SSSR count).